The van der Waals surface area contributed by atoms with Crippen LogP contribution in [0.5, 0.6) is 0 Å². The third kappa shape index (κ3) is 4.10. The number of rotatable bonds is 5. The zero-order valence-corrected chi connectivity index (χ0v) is 15.9. The SMILES string of the molecule is C[C@@H]1C[C@@H]1c1ccc(/C=C(\C#N)C(=O)Nc2ccc(N3CCOCC3)cc2)o1. The highest BCUT2D eigenvalue weighted by atomic mass is 16.5. The van der Waals surface area contributed by atoms with Crippen molar-refractivity contribution >= 4 is 23.4 Å². The van der Waals surface area contributed by atoms with Gasteiger partial charge >= 0.3 is 0 Å². The molecule has 2 aliphatic rings. The van der Waals surface area contributed by atoms with Crippen LogP contribution >= 0.6 is 0 Å². The maximum atomic E-state index is 12.5. The maximum absolute atomic E-state index is 12.5. The summed E-state index contributed by atoms with van der Waals surface area (Å²) in [6.07, 6.45) is 2.62. The van der Waals surface area contributed by atoms with E-state index < -0.39 is 5.91 Å². The van der Waals surface area contributed by atoms with E-state index >= 15 is 0 Å². The number of nitrogens with zero attached hydrogens (tertiary/aromatic N) is 2. The van der Waals surface area contributed by atoms with Crippen molar-refractivity contribution in [2.75, 3.05) is 36.5 Å². The largest absolute Gasteiger partial charge is 0.461 e. The fourth-order valence-corrected chi connectivity index (χ4v) is 3.43. The van der Waals surface area contributed by atoms with Crippen molar-refractivity contribution in [3.63, 3.8) is 0 Å². The minimum Gasteiger partial charge on any atom is -0.461 e. The van der Waals surface area contributed by atoms with E-state index in [9.17, 15) is 10.1 Å². The van der Waals surface area contributed by atoms with Gasteiger partial charge in [-0.1, -0.05) is 6.92 Å². The summed E-state index contributed by atoms with van der Waals surface area (Å²) in [6, 6.07) is 13.3. The standard InChI is InChI=1S/C22H23N3O3/c1-15-12-20(15)21-7-6-19(28-21)13-16(14-23)22(26)24-17-2-4-18(5-3-17)25-8-10-27-11-9-25/h2-7,13,15,20H,8-12H2,1H3,(H,24,26)/b16-13+/t15-,20+/m1/s1. The summed E-state index contributed by atoms with van der Waals surface area (Å²) in [5.74, 6) is 2.12. The van der Waals surface area contributed by atoms with Crippen LogP contribution < -0.4 is 10.2 Å². The molecule has 2 fully saturated rings. The first-order valence-corrected chi connectivity index (χ1v) is 9.59. The van der Waals surface area contributed by atoms with Crippen molar-refractivity contribution in [3.8, 4) is 6.07 Å². The van der Waals surface area contributed by atoms with Crippen LogP contribution in [0.15, 0.2) is 46.4 Å². The number of carbonyl (C=O) groups is 1. The molecule has 0 unspecified atom stereocenters. The molecule has 1 aromatic carbocycles. The average Bonchev–Trinajstić information content (AvgIpc) is 3.27. The summed E-state index contributed by atoms with van der Waals surface area (Å²) in [4.78, 5) is 14.7. The zero-order chi connectivity index (χ0) is 19.5. The molecule has 1 aromatic heterocycles. The molecule has 2 heterocycles. The lowest BCUT2D eigenvalue weighted by Gasteiger charge is -2.28. The van der Waals surface area contributed by atoms with Gasteiger partial charge in [-0.2, -0.15) is 5.26 Å². The van der Waals surface area contributed by atoms with Gasteiger partial charge in [0.15, 0.2) is 0 Å². The zero-order valence-electron chi connectivity index (χ0n) is 15.9. The second-order valence-corrected chi connectivity index (χ2v) is 7.33. The number of hydrogen-bond donors (Lipinski definition) is 1. The molecule has 6 nitrogen and oxygen atoms in total. The average molecular weight is 377 g/mol. The van der Waals surface area contributed by atoms with Gasteiger partial charge in [-0.05, 0) is 48.7 Å². The van der Waals surface area contributed by atoms with Gasteiger partial charge in [0.2, 0.25) is 0 Å². The van der Waals surface area contributed by atoms with E-state index in [0.29, 0.717) is 23.3 Å². The molecule has 0 radical (unpaired) electrons. The highest BCUT2D eigenvalue weighted by Crippen LogP contribution is 2.47. The van der Waals surface area contributed by atoms with Crippen molar-refractivity contribution in [1.29, 1.82) is 5.26 Å². The van der Waals surface area contributed by atoms with Crippen molar-refractivity contribution < 1.29 is 13.9 Å². The van der Waals surface area contributed by atoms with E-state index in [-0.39, 0.29) is 5.57 Å². The number of nitrogens with one attached hydrogen (secondary N) is 1. The van der Waals surface area contributed by atoms with Crippen LogP contribution in [0.1, 0.15) is 30.8 Å². The van der Waals surface area contributed by atoms with Crippen LogP contribution in [-0.4, -0.2) is 32.2 Å². The molecule has 4 rings (SSSR count). The minimum atomic E-state index is -0.445. The number of morpholine rings is 1. The molecule has 1 aliphatic carbocycles. The molecule has 6 heteroatoms. The van der Waals surface area contributed by atoms with E-state index in [1.807, 2.05) is 42.5 Å². The first-order chi connectivity index (χ1) is 13.6. The number of hydrogen-bond acceptors (Lipinski definition) is 5. The predicted octanol–water partition coefficient (Wildman–Crippen LogP) is 3.79. The molecule has 0 spiro atoms. The van der Waals surface area contributed by atoms with Crippen LogP contribution in [0.4, 0.5) is 11.4 Å². The molecule has 1 saturated carbocycles. The van der Waals surface area contributed by atoms with Gasteiger partial charge < -0.3 is 19.4 Å². The second-order valence-electron chi connectivity index (χ2n) is 7.33. The summed E-state index contributed by atoms with van der Waals surface area (Å²) in [6.45, 7) is 5.35. The van der Waals surface area contributed by atoms with Crippen molar-refractivity contribution in [2.45, 2.75) is 19.3 Å². The highest BCUT2D eigenvalue weighted by Gasteiger charge is 2.36. The molecule has 1 amide bonds. The summed E-state index contributed by atoms with van der Waals surface area (Å²) in [7, 11) is 0. The molecule has 144 valence electrons. The molecule has 28 heavy (non-hydrogen) atoms. The quantitative estimate of drug-likeness (QED) is 0.634. The number of nitriles is 1. The number of anilines is 2. The van der Waals surface area contributed by atoms with Crippen LogP contribution in [0, 0.1) is 17.2 Å². The molecule has 1 aliphatic heterocycles. The first-order valence-electron chi connectivity index (χ1n) is 9.59. The predicted molar refractivity (Wildman–Crippen MR) is 107 cm³/mol. The molecule has 2 atom stereocenters. The van der Waals surface area contributed by atoms with Crippen molar-refractivity contribution in [2.24, 2.45) is 5.92 Å². The van der Waals surface area contributed by atoms with Crippen LogP contribution in [-0.2, 0) is 9.53 Å². The first kappa shape index (κ1) is 18.3. The van der Waals surface area contributed by atoms with Crippen LogP contribution in [0.2, 0.25) is 0 Å². The van der Waals surface area contributed by atoms with E-state index in [1.165, 1.54) is 6.08 Å². The lowest BCUT2D eigenvalue weighted by molar-refractivity contribution is -0.112. The van der Waals surface area contributed by atoms with Gasteiger partial charge in [0.25, 0.3) is 5.91 Å². The Hall–Kier alpha value is -3.04. The lowest BCUT2D eigenvalue weighted by Crippen LogP contribution is -2.36. The Bertz CT molecular complexity index is 917. The second kappa shape index (κ2) is 7.91. The van der Waals surface area contributed by atoms with Gasteiger partial charge in [0.05, 0.1) is 13.2 Å². The third-order valence-corrected chi connectivity index (χ3v) is 5.28. The van der Waals surface area contributed by atoms with Gasteiger partial charge in [0, 0.05) is 36.5 Å². The summed E-state index contributed by atoms with van der Waals surface area (Å²) < 4.78 is 11.1. The molecular formula is C22H23N3O3. The Morgan fingerprint density at radius 1 is 1.21 bits per heavy atom. The number of furan rings is 1. The summed E-state index contributed by atoms with van der Waals surface area (Å²) in [5.41, 5.74) is 1.76. The van der Waals surface area contributed by atoms with Crippen molar-refractivity contribution in [3.05, 3.63) is 53.5 Å². The normalized spacial score (nSPS) is 21.9. The number of amides is 1. The van der Waals surface area contributed by atoms with E-state index in [1.54, 1.807) is 0 Å². The third-order valence-electron chi connectivity index (χ3n) is 5.28. The minimum absolute atomic E-state index is 0.0157. The van der Waals surface area contributed by atoms with E-state index in [4.69, 9.17) is 9.15 Å². The van der Waals surface area contributed by atoms with Gasteiger partial charge in [0.1, 0.15) is 23.2 Å². The molecule has 0 bridgehead atoms. The van der Waals surface area contributed by atoms with Crippen molar-refractivity contribution in [1.82, 2.24) is 0 Å². The Morgan fingerprint density at radius 2 is 1.93 bits per heavy atom. The number of benzene rings is 1. The van der Waals surface area contributed by atoms with Gasteiger partial charge in [-0.25, -0.2) is 0 Å². The smallest absolute Gasteiger partial charge is 0.266 e. The number of ether oxygens (including phenoxy) is 1. The van der Waals surface area contributed by atoms with E-state index in [2.05, 4.69) is 17.1 Å². The fraction of sp³-hybridized carbons (Fsp3) is 0.364. The van der Waals surface area contributed by atoms with Crippen LogP contribution in [0.3, 0.4) is 0 Å². The monoisotopic (exact) mass is 377 g/mol. The van der Waals surface area contributed by atoms with Gasteiger partial charge in [-0.15, -0.1) is 0 Å². The van der Waals surface area contributed by atoms with Gasteiger partial charge in [-0.3, -0.25) is 4.79 Å². The lowest BCUT2D eigenvalue weighted by atomic mass is 10.2. The topological polar surface area (TPSA) is 78.5 Å². The maximum Gasteiger partial charge on any atom is 0.266 e. The molecule has 1 saturated heterocycles. The Balaban J connectivity index is 1.41. The molecular weight excluding hydrogens is 354 g/mol. The Morgan fingerprint density at radius 3 is 2.57 bits per heavy atom. The Labute approximate surface area is 164 Å². The van der Waals surface area contributed by atoms with Crippen LogP contribution in [0.25, 0.3) is 6.08 Å². The van der Waals surface area contributed by atoms with E-state index in [0.717, 1.165) is 44.2 Å². The Kier molecular flexibility index (Phi) is 5.18. The summed E-state index contributed by atoms with van der Waals surface area (Å²) in [5, 5.41) is 12.2. The summed E-state index contributed by atoms with van der Waals surface area (Å²) >= 11 is 0. The molecule has 2 aromatic rings. The highest BCUT2D eigenvalue weighted by molar-refractivity contribution is 6.09. The fourth-order valence-electron chi connectivity index (χ4n) is 3.43. The number of carbonyl (C=O) groups excluding carboxylic acids is 1. The molecule has 1 N–H and O–H groups in total.